The molecule has 0 aliphatic rings. The Morgan fingerprint density at radius 1 is 0.939 bits per heavy atom. The van der Waals surface area contributed by atoms with Crippen LogP contribution in [0.3, 0.4) is 0 Å². The number of anilines is 1. The standard InChI is InChI=1S/C27H42NO4P/c1-10-31-33(30,11-2)32-19-28(20(3)21-15-13-12-14-16-21)22-17-23(26(4,5)6)25(29)24(18-22)27(7,8)9/h12-18,20,29H,10-11,19H2,1-9H3. The van der Waals surface area contributed by atoms with E-state index in [1.165, 1.54) is 0 Å². The molecule has 2 atom stereocenters. The van der Waals surface area contributed by atoms with Crippen LogP contribution in [0.4, 0.5) is 5.69 Å². The molecule has 184 valence electrons. The van der Waals surface area contributed by atoms with Gasteiger partial charge < -0.3 is 14.5 Å². The van der Waals surface area contributed by atoms with Gasteiger partial charge in [-0.15, -0.1) is 0 Å². The fourth-order valence-electron chi connectivity index (χ4n) is 3.82. The minimum absolute atomic E-state index is 0.0525. The van der Waals surface area contributed by atoms with Crippen molar-refractivity contribution < 1.29 is 18.7 Å². The van der Waals surface area contributed by atoms with E-state index in [-0.39, 0.29) is 23.6 Å². The Bertz CT molecular complexity index is 925. The molecule has 2 aromatic rings. The second-order valence-electron chi connectivity index (χ2n) is 10.5. The highest BCUT2D eigenvalue weighted by molar-refractivity contribution is 7.53. The molecule has 0 heterocycles. The molecule has 0 aromatic heterocycles. The number of rotatable bonds is 9. The topological polar surface area (TPSA) is 59.0 Å². The van der Waals surface area contributed by atoms with Gasteiger partial charge in [-0.05, 0) is 42.4 Å². The molecule has 0 aliphatic carbocycles. The molecule has 0 spiro atoms. The molecular weight excluding hydrogens is 433 g/mol. The quantitative estimate of drug-likeness (QED) is 0.296. The third kappa shape index (κ3) is 6.85. The summed E-state index contributed by atoms with van der Waals surface area (Å²) in [6.45, 7) is 18.8. The van der Waals surface area contributed by atoms with E-state index in [2.05, 4.69) is 65.5 Å². The van der Waals surface area contributed by atoms with Gasteiger partial charge in [0.15, 0.2) is 0 Å². The Morgan fingerprint density at radius 2 is 1.45 bits per heavy atom. The molecule has 0 saturated heterocycles. The monoisotopic (exact) mass is 475 g/mol. The lowest BCUT2D eigenvalue weighted by molar-refractivity contribution is 0.208. The zero-order chi connectivity index (χ0) is 25.0. The normalized spacial score (nSPS) is 15.2. The van der Waals surface area contributed by atoms with Gasteiger partial charge >= 0.3 is 7.60 Å². The maximum Gasteiger partial charge on any atom is 0.332 e. The van der Waals surface area contributed by atoms with E-state index in [1.54, 1.807) is 0 Å². The molecule has 0 amide bonds. The molecule has 0 aliphatic heterocycles. The van der Waals surface area contributed by atoms with Crippen LogP contribution in [-0.4, -0.2) is 24.6 Å². The third-order valence-corrected chi connectivity index (χ3v) is 7.83. The molecule has 2 unspecified atom stereocenters. The van der Waals surface area contributed by atoms with Crippen molar-refractivity contribution in [1.82, 2.24) is 0 Å². The number of hydrogen-bond donors (Lipinski definition) is 1. The lowest BCUT2D eigenvalue weighted by Crippen LogP contribution is -2.30. The Balaban J connectivity index is 2.66. The van der Waals surface area contributed by atoms with Crippen molar-refractivity contribution in [2.75, 3.05) is 24.4 Å². The van der Waals surface area contributed by atoms with E-state index in [0.717, 1.165) is 22.4 Å². The summed E-state index contributed by atoms with van der Waals surface area (Å²) in [5.41, 5.74) is 3.27. The molecule has 1 N–H and O–H groups in total. The summed E-state index contributed by atoms with van der Waals surface area (Å²) >= 11 is 0. The minimum Gasteiger partial charge on any atom is -0.507 e. The van der Waals surface area contributed by atoms with E-state index in [1.807, 2.05) is 44.2 Å². The summed E-state index contributed by atoms with van der Waals surface area (Å²) in [4.78, 5) is 2.10. The summed E-state index contributed by atoms with van der Waals surface area (Å²) in [5, 5.41) is 11.2. The molecule has 2 rings (SSSR count). The van der Waals surface area contributed by atoms with Gasteiger partial charge in [-0.25, -0.2) is 0 Å². The highest BCUT2D eigenvalue weighted by Gasteiger charge is 2.30. The van der Waals surface area contributed by atoms with E-state index in [4.69, 9.17) is 9.05 Å². The molecule has 33 heavy (non-hydrogen) atoms. The van der Waals surface area contributed by atoms with E-state index in [9.17, 15) is 9.67 Å². The van der Waals surface area contributed by atoms with Crippen molar-refractivity contribution in [3.8, 4) is 5.75 Å². The average molecular weight is 476 g/mol. The predicted octanol–water partition coefficient (Wildman–Crippen LogP) is 7.78. The highest BCUT2D eigenvalue weighted by Crippen LogP contribution is 2.49. The van der Waals surface area contributed by atoms with Crippen molar-refractivity contribution in [2.24, 2.45) is 0 Å². The van der Waals surface area contributed by atoms with Crippen molar-refractivity contribution in [1.29, 1.82) is 0 Å². The first kappa shape index (κ1) is 27.4. The molecular formula is C27H42NO4P. The van der Waals surface area contributed by atoms with Crippen LogP contribution in [0, 0.1) is 0 Å². The van der Waals surface area contributed by atoms with Crippen LogP contribution in [0.2, 0.25) is 0 Å². The number of hydrogen-bond acceptors (Lipinski definition) is 5. The van der Waals surface area contributed by atoms with Crippen molar-refractivity contribution in [3.63, 3.8) is 0 Å². The molecule has 0 saturated carbocycles. The average Bonchev–Trinajstić information content (AvgIpc) is 2.73. The summed E-state index contributed by atoms with van der Waals surface area (Å²) in [6, 6.07) is 14.2. The van der Waals surface area contributed by atoms with Crippen molar-refractivity contribution in [3.05, 3.63) is 59.2 Å². The molecule has 2 aromatic carbocycles. The lowest BCUT2D eigenvalue weighted by Gasteiger charge is -2.35. The maximum absolute atomic E-state index is 13.1. The number of phenolic OH excluding ortho intramolecular Hbond substituents is 1. The Labute approximate surface area is 200 Å². The van der Waals surface area contributed by atoms with Crippen LogP contribution >= 0.6 is 7.60 Å². The predicted molar refractivity (Wildman–Crippen MR) is 139 cm³/mol. The zero-order valence-corrected chi connectivity index (χ0v) is 22.7. The van der Waals surface area contributed by atoms with Crippen LogP contribution in [0.25, 0.3) is 0 Å². The van der Waals surface area contributed by atoms with Crippen LogP contribution in [-0.2, 0) is 24.4 Å². The lowest BCUT2D eigenvalue weighted by atomic mass is 9.79. The van der Waals surface area contributed by atoms with Gasteiger partial charge in [0.1, 0.15) is 12.5 Å². The number of phenols is 1. The highest BCUT2D eigenvalue weighted by atomic mass is 31.2. The van der Waals surface area contributed by atoms with Gasteiger partial charge in [-0.1, -0.05) is 78.8 Å². The Kier molecular flexibility index (Phi) is 8.84. The first-order chi connectivity index (χ1) is 15.2. The first-order valence-electron chi connectivity index (χ1n) is 11.8. The van der Waals surface area contributed by atoms with Crippen LogP contribution < -0.4 is 4.90 Å². The van der Waals surface area contributed by atoms with E-state index in [0.29, 0.717) is 18.5 Å². The molecule has 5 nitrogen and oxygen atoms in total. The van der Waals surface area contributed by atoms with E-state index < -0.39 is 7.60 Å². The first-order valence-corrected chi connectivity index (χ1v) is 13.5. The Hall–Kier alpha value is -1.81. The Morgan fingerprint density at radius 3 is 1.88 bits per heavy atom. The largest absolute Gasteiger partial charge is 0.507 e. The summed E-state index contributed by atoms with van der Waals surface area (Å²) < 4.78 is 24.5. The SMILES string of the molecule is CCOP(=O)(CC)OCN(c1cc(C(C)(C)C)c(O)c(C(C)(C)C)c1)C(C)c1ccccc1. The smallest absolute Gasteiger partial charge is 0.332 e. The number of nitrogens with zero attached hydrogens (tertiary/aromatic N) is 1. The van der Waals surface area contributed by atoms with Gasteiger partial charge in [-0.2, -0.15) is 0 Å². The van der Waals surface area contributed by atoms with Crippen LogP contribution in [0.5, 0.6) is 5.75 Å². The summed E-state index contributed by atoms with van der Waals surface area (Å²) in [7, 11) is -3.20. The van der Waals surface area contributed by atoms with E-state index >= 15 is 0 Å². The van der Waals surface area contributed by atoms with Gasteiger partial charge in [-0.3, -0.25) is 9.09 Å². The fourth-order valence-corrected chi connectivity index (χ4v) is 4.95. The summed E-state index contributed by atoms with van der Waals surface area (Å²) in [6.07, 6.45) is 0.310. The number of aromatic hydroxyl groups is 1. The maximum atomic E-state index is 13.1. The molecule has 6 heteroatoms. The fraction of sp³-hybridized carbons (Fsp3) is 0.556. The van der Waals surface area contributed by atoms with Crippen LogP contribution in [0.1, 0.15) is 85.0 Å². The second kappa shape index (κ2) is 10.6. The van der Waals surface area contributed by atoms with Gasteiger partial charge in [0.2, 0.25) is 0 Å². The molecule has 0 bridgehead atoms. The molecule has 0 radical (unpaired) electrons. The van der Waals surface area contributed by atoms with Crippen LogP contribution in [0.15, 0.2) is 42.5 Å². The second-order valence-corrected chi connectivity index (χ2v) is 12.9. The van der Waals surface area contributed by atoms with Gasteiger partial charge in [0, 0.05) is 23.0 Å². The van der Waals surface area contributed by atoms with Gasteiger partial charge in [0.25, 0.3) is 0 Å². The van der Waals surface area contributed by atoms with Gasteiger partial charge in [0.05, 0.1) is 12.6 Å². The minimum atomic E-state index is -3.20. The third-order valence-electron chi connectivity index (χ3n) is 5.90. The summed E-state index contributed by atoms with van der Waals surface area (Å²) in [5.74, 6) is 0.334. The van der Waals surface area contributed by atoms with Crippen molar-refractivity contribution in [2.45, 2.75) is 79.2 Å². The number of benzene rings is 2. The van der Waals surface area contributed by atoms with Crippen molar-refractivity contribution >= 4 is 13.3 Å². The zero-order valence-electron chi connectivity index (χ0n) is 21.8. The molecule has 0 fully saturated rings.